The van der Waals surface area contributed by atoms with Gasteiger partial charge in [0.05, 0.1) is 12.7 Å². The maximum absolute atomic E-state index is 9.91. The van der Waals surface area contributed by atoms with Gasteiger partial charge in [-0.15, -0.1) is 8.58 Å². The summed E-state index contributed by atoms with van der Waals surface area (Å²) in [5.74, 6) is 0. The van der Waals surface area contributed by atoms with E-state index in [1.54, 1.807) is 7.11 Å². The van der Waals surface area contributed by atoms with Gasteiger partial charge in [0.15, 0.2) is 0 Å². The monoisotopic (exact) mass is 194 g/mol. The van der Waals surface area contributed by atoms with Crippen molar-refractivity contribution < 1.29 is 14.9 Å². The molecule has 0 spiro atoms. The Morgan fingerprint density at radius 2 is 2.17 bits per heavy atom. The number of hydrogen-bond donors (Lipinski definition) is 2. The van der Waals surface area contributed by atoms with Gasteiger partial charge in [0.1, 0.15) is 5.60 Å². The predicted molar refractivity (Wildman–Crippen MR) is 52.2 cm³/mol. The molecule has 0 saturated carbocycles. The third-order valence-corrected chi connectivity index (χ3v) is 2.98. The Bertz CT molecular complexity index is 117. The summed E-state index contributed by atoms with van der Waals surface area (Å²) in [5.41, 5.74) is -1.04. The Hall–Kier alpha value is 0.310. The Labute approximate surface area is 75.9 Å². The van der Waals surface area contributed by atoms with Crippen LogP contribution in [0.5, 0.6) is 0 Å². The largest absolute Gasteiger partial charge is 0.393 e. The number of aliphatic hydroxyl groups excluding tert-OH is 1. The van der Waals surface area contributed by atoms with Crippen molar-refractivity contribution in [1.29, 1.82) is 0 Å². The van der Waals surface area contributed by atoms with Crippen LogP contribution in [0.2, 0.25) is 0 Å². The van der Waals surface area contributed by atoms with Crippen LogP contribution in [-0.2, 0) is 4.74 Å². The highest BCUT2D eigenvalue weighted by atomic mass is 31.1. The summed E-state index contributed by atoms with van der Waals surface area (Å²) in [5, 5.41) is 18.9. The van der Waals surface area contributed by atoms with Gasteiger partial charge in [0.2, 0.25) is 0 Å². The summed E-state index contributed by atoms with van der Waals surface area (Å²) in [6.07, 6.45) is 1.07. The lowest BCUT2D eigenvalue weighted by atomic mass is 9.98. The van der Waals surface area contributed by atoms with E-state index in [4.69, 9.17) is 9.84 Å². The number of aliphatic hydroxyl groups is 2. The molecular formula is C8H19O3P. The molecule has 12 heavy (non-hydrogen) atoms. The summed E-state index contributed by atoms with van der Waals surface area (Å²) in [6, 6.07) is 0. The van der Waals surface area contributed by atoms with E-state index < -0.39 is 5.60 Å². The van der Waals surface area contributed by atoms with Gasteiger partial charge in [-0.05, 0) is 19.2 Å². The van der Waals surface area contributed by atoms with Crippen molar-refractivity contribution >= 4 is 8.58 Å². The van der Waals surface area contributed by atoms with Crippen molar-refractivity contribution in [1.82, 2.24) is 0 Å². The fourth-order valence-corrected chi connectivity index (χ4v) is 2.30. The summed E-state index contributed by atoms with van der Waals surface area (Å²) in [7, 11) is 2.19. The van der Waals surface area contributed by atoms with Crippen LogP contribution in [0, 0.1) is 0 Å². The van der Waals surface area contributed by atoms with Gasteiger partial charge in [0.25, 0.3) is 0 Å². The molecule has 0 aromatic rings. The van der Waals surface area contributed by atoms with Crippen molar-refractivity contribution in [3.63, 3.8) is 0 Å². The average molecular weight is 194 g/mol. The first-order valence-corrected chi connectivity index (χ1v) is 5.86. The first kappa shape index (κ1) is 12.3. The zero-order valence-corrected chi connectivity index (χ0v) is 9.00. The number of hydrogen-bond acceptors (Lipinski definition) is 3. The molecule has 2 N–H and O–H groups in total. The van der Waals surface area contributed by atoms with Crippen LogP contribution >= 0.6 is 8.58 Å². The summed E-state index contributed by atoms with van der Waals surface area (Å²) >= 11 is 0. The van der Waals surface area contributed by atoms with Gasteiger partial charge in [-0.3, -0.25) is 0 Å². The normalized spacial score (nSPS) is 19.8. The Balaban J connectivity index is 4.24. The molecule has 0 bridgehead atoms. The van der Waals surface area contributed by atoms with Crippen molar-refractivity contribution in [3.05, 3.63) is 0 Å². The van der Waals surface area contributed by atoms with Crippen molar-refractivity contribution in [2.45, 2.75) is 25.0 Å². The fourth-order valence-electron chi connectivity index (χ4n) is 1.34. The number of methoxy groups -OCH3 is 1. The molecule has 0 fully saturated rings. The molecule has 0 aliphatic carbocycles. The van der Waals surface area contributed by atoms with Gasteiger partial charge in [0, 0.05) is 7.11 Å². The maximum Gasteiger partial charge on any atom is 0.117 e. The number of ether oxygens (including phenoxy) is 1. The third-order valence-electron chi connectivity index (χ3n) is 2.01. The highest BCUT2D eigenvalue weighted by Crippen LogP contribution is 2.22. The van der Waals surface area contributed by atoms with Gasteiger partial charge >= 0.3 is 0 Å². The minimum atomic E-state index is -1.04. The lowest BCUT2D eigenvalue weighted by molar-refractivity contribution is -0.106. The lowest BCUT2D eigenvalue weighted by Gasteiger charge is -2.32. The van der Waals surface area contributed by atoms with Crippen molar-refractivity contribution in [2.24, 2.45) is 0 Å². The Morgan fingerprint density at radius 1 is 1.58 bits per heavy atom. The molecule has 3 nitrogen and oxygen atoms in total. The molecule has 0 radical (unpaired) electrons. The summed E-state index contributed by atoms with van der Waals surface area (Å²) < 4.78 is 5.10. The molecule has 4 heteroatoms. The van der Waals surface area contributed by atoms with Crippen LogP contribution in [0.1, 0.15) is 13.3 Å². The minimum absolute atomic E-state index is 0.222. The van der Waals surface area contributed by atoms with Gasteiger partial charge < -0.3 is 14.9 Å². The lowest BCUT2D eigenvalue weighted by Crippen LogP contribution is -2.48. The van der Waals surface area contributed by atoms with E-state index in [1.165, 1.54) is 0 Å². The van der Waals surface area contributed by atoms with E-state index >= 15 is 0 Å². The van der Waals surface area contributed by atoms with Crippen molar-refractivity contribution in [2.75, 3.05) is 26.5 Å². The molecular weight excluding hydrogens is 175 g/mol. The quantitative estimate of drug-likeness (QED) is 0.603. The number of rotatable bonds is 6. The predicted octanol–water partition coefficient (Wildman–Crippen LogP) is 0.443. The van der Waals surface area contributed by atoms with E-state index in [0.29, 0.717) is 14.7 Å². The highest BCUT2D eigenvalue weighted by Gasteiger charge is 2.34. The first-order valence-electron chi connectivity index (χ1n) is 4.15. The smallest absolute Gasteiger partial charge is 0.117 e. The van der Waals surface area contributed by atoms with Gasteiger partial charge in [-0.2, -0.15) is 0 Å². The minimum Gasteiger partial charge on any atom is -0.393 e. The van der Waals surface area contributed by atoms with Crippen LogP contribution in [0.3, 0.4) is 0 Å². The van der Waals surface area contributed by atoms with E-state index in [2.05, 4.69) is 0 Å². The molecule has 0 saturated heterocycles. The molecule has 0 aliphatic rings. The summed E-state index contributed by atoms with van der Waals surface area (Å²) in [4.78, 5) is 0. The Morgan fingerprint density at radius 3 is 2.42 bits per heavy atom. The van der Waals surface area contributed by atoms with Crippen LogP contribution in [0.25, 0.3) is 0 Å². The second kappa shape index (κ2) is 5.87. The molecule has 0 heterocycles. The third kappa shape index (κ3) is 2.98. The van der Waals surface area contributed by atoms with Crippen LogP contribution in [0.15, 0.2) is 0 Å². The van der Waals surface area contributed by atoms with Crippen molar-refractivity contribution in [3.8, 4) is 0 Å². The van der Waals surface area contributed by atoms with Crippen LogP contribution < -0.4 is 0 Å². The van der Waals surface area contributed by atoms with Crippen LogP contribution in [-0.4, -0.2) is 48.5 Å². The summed E-state index contributed by atoms with van der Waals surface area (Å²) in [6.45, 7) is 3.72. The van der Waals surface area contributed by atoms with Gasteiger partial charge in [-0.1, -0.05) is 6.92 Å². The molecule has 0 amide bonds. The molecule has 3 atom stereocenters. The van der Waals surface area contributed by atoms with E-state index in [-0.39, 0.29) is 12.7 Å². The Kier molecular flexibility index (Phi) is 6.02. The van der Waals surface area contributed by atoms with E-state index in [0.717, 1.165) is 6.42 Å². The maximum atomic E-state index is 9.91. The highest BCUT2D eigenvalue weighted by molar-refractivity contribution is 7.37. The second-order valence-corrected chi connectivity index (χ2v) is 3.99. The molecule has 2 unspecified atom stereocenters. The molecule has 0 rings (SSSR count). The van der Waals surface area contributed by atoms with Crippen LogP contribution in [0.4, 0.5) is 0 Å². The first-order chi connectivity index (χ1) is 5.64. The van der Waals surface area contributed by atoms with E-state index in [9.17, 15) is 5.11 Å². The molecule has 0 aliphatic heterocycles. The average Bonchev–Trinajstić information content (AvgIpc) is 2.07. The van der Waals surface area contributed by atoms with E-state index in [1.807, 2.05) is 13.6 Å². The second-order valence-electron chi connectivity index (χ2n) is 2.92. The molecule has 0 aromatic carbocycles. The fraction of sp³-hybridized carbons (Fsp3) is 1.00. The standard InChI is InChI=1S/C8H19O3P/c1-4-7(11-2)8(10,5-9)6-12-3/h7,9-10,12H,4-6H2,1-3H3/t7?,8-/m0/s1. The topological polar surface area (TPSA) is 49.7 Å². The zero-order chi connectivity index (χ0) is 9.61. The zero-order valence-electron chi connectivity index (χ0n) is 8.00. The van der Waals surface area contributed by atoms with Gasteiger partial charge in [-0.25, -0.2) is 0 Å². The SMILES string of the molecule is CCC(OC)[C@](O)(CO)CPC. The molecule has 74 valence electrons. The molecule has 0 aromatic heterocycles.